The zero-order chi connectivity index (χ0) is 28.2. The van der Waals surface area contributed by atoms with Crippen molar-refractivity contribution in [3.05, 3.63) is 35.4 Å². The van der Waals surface area contributed by atoms with Crippen molar-refractivity contribution in [3.8, 4) is 11.5 Å². The Hall–Kier alpha value is -2.54. The molecule has 1 unspecified atom stereocenters. The van der Waals surface area contributed by atoms with Crippen LogP contribution in [0.3, 0.4) is 0 Å². The van der Waals surface area contributed by atoms with Gasteiger partial charge in [-0.2, -0.15) is 0 Å². The topological polar surface area (TPSA) is 166 Å². The Morgan fingerprint density at radius 3 is 2.29 bits per heavy atom. The van der Waals surface area contributed by atoms with Crippen LogP contribution in [0.25, 0.3) is 0 Å². The molecule has 0 amide bonds. The molecule has 6 atom stereocenters. The van der Waals surface area contributed by atoms with Crippen molar-refractivity contribution in [2.75, 3.05) is 33.4 Å². The molecule has 5 rings (SSSR count). The molecule has 1 saturated heterocycles. The van der Waals surface area contributed by atoms with E-state index in [1.807, 2.05) is 12.1 Å². The summed E-state index contributed by atoms with van der Waals surface area (Å²) in [5, 5.41) is 40.0. The molecule has 1 fully saturated rings. The molecule has 2 bridgehead atoms. The zero-order valence-corrected chi connectivity index (χ0v) is 22.2. The molecule has 212 valence electrons. The summed E-state index contributed by atoms with van der Waals surface area (Å²) in [5.41, 5.74) is 2.15. The average Bonchev–Trinajstić information content (AvgIpc) is 3.23. The Bertz CT molecular complexity index is 1020. The number of nitrogens with zero attached hydrogens (tertiary/aromatic N) is 1. The predicted octanol–water partition coefficient (Wildman–Crippen LogP) is -0.320. The molecule has 5 N–H and O–H groups in total. The minimum atomic E-state index is -0.954. The number of esters is 2. The average molecular weight is 538 g/mol. The Labute approximate surface area is 222 Å². The highest BCUT2D eigenvalue weighted by Crippen LogP contribution is 2.62. The Morgan fingerprint density at radius 2 is 1.76 bits per heavy atom. The van der Waals surface area contributed by atoms with Crippen molar-refractivity contribution >= 4 is 11.9 Å². The van der Waals surface area contributed by atoms with Crippen LogP contribution in [-0.2, 0) is 26.2 Å². The quantitative estimate of drug-likeness (QED) is 0.190. The Kier molecular flexibility index (Phi) is 9.91. The normalized spacial score (nSPS) is 28.6. The summed E-state index contributed by atoms with van der Waals surface area (Å²) >= 11 is 0. The van der Waals surface area contributed by atoms with E-state index >= 15 is 0 Å². The number of ether oxygens (including phenoxy) is 3. The van der Waals surface area contributed by atoms with Gasteiger partial charge >= 0.3 is 11.9 Å². The lowest BCUT2D eigenvalue weighted by molar-refractivity contribution is -0.152. The van der Waals surface area contributed by atoms with Gasteiger partial charge in [0, 0.05) is 36.8 Å². The number of aliphatic hydroxyl groups excluding tert-OH is 5. The molecular weight excluding hydrogens is 498 g/mol. The number of carbonyl (C=O) groups is 2. The van der Waals surface area contributed by atoms with Crippen LogP contribution in [0.5, 0.6) is 11.5 Å². The fourth-order valence-electron chi connectivity index (χ4n) is 5.80. The summed E-state index contributed by atoms with van der Waals surface area (Å²) in [6.45, 7) is 4.43. The second-order valence-corrected chi connectivity index (χ2v) is 10.1. The molecule has 11 heteroatoms. The molecule has 11 nitrogen and oxygen atoms in total. The van der Waals surface area contributed by atoms with Gasteiger partial charge in [-0.3, -0.25) is 9.59 Å². The van der Waals surface area contributed by atoms with E-state index in [2.05, 4.69) is 24.1 Å². The maximum atomic E-state index is 11.7. The first kappa shape index (κ1) is 30.0. The fourth-order valence-corrected chi connectivity index (χ4v) is 5.80. The van der Waals surface area contributed by atoms with Crippen molar-refractivity contribution in [3.63, 3.8) is 0 Å². The number of carbonyl (C=O) groups excluding carboxylic acids is 2. The number of benzene rings is 1. The molecule has 0 saturated carbocycles. The first-order chi connectivity index (χ1) is 18.0. The summed E-state index contributed by atoms with van der Waals surface area (Å²) in [6.07, 6.45) is 3.80. The van der Waals surface area contributed by atoms with Crippen molar-refractivity contribution in [2.45, 2.75) is 69.5 Å². The van der Waals surface area contributed by atoms with Crippen LogP contribution in [0.2, 0.25) is 0 Å². The molecular formula is C27H39NO10. The summed E-state index contributed by atoms with van der Waals surface area (Å²) in [5.74, 6) is 0.712. The number of likely N-dealkylation sites (tertiary alicyclic amines) is 1. The van der Waals surface area contributed by atoms with E-state index in [-0.39, 0.29) is 49.2 Å². The van der Waals surface area contributed by atoms with Gasteiger partial charge in [0.05, 0.1) is 25.9 Å². The lowest BCUT2D eigenvalue weighted by Gasteiger charge is -2.56. The highest BCUT2D eigenvalue weighted by atomic mass is 16.6. The lowest BCUT2D eigenvalue weighted by atomic mass is 9.53. The molecule has 2 aliphatic heterocycles. The highest BCUT2D eigenvalue weighted by molar-refractivity contribution is 5.73. The summed E-state index contributed by atoms with van der Waals surface area (Å²) in [4.78, 5) is 25.7. The molecule has 1 spiro atoms. The Morgan fingerprint density at radius 1 is 1.11 bits per heavy atom. The van der Waals surface area contributed by atoms with Crippen molar-refractivity contribution in [2.24, 2.45) is 5.92 Å². The van der Waals surface area contributed by atoms with Crippen molar-refractivity contribution in [1.29, 1.82) is 0 Å². The van der Waals surface area contributed by atoms with Gasteiger partial charge in [0.1, 0.15) is 12.2 Å². The van der Waals surface area contributed by atoms with Crippen LogP contribution in [0.1, 0.15) is 38.3 Å². The van der Waals surface area contributed by atoms with E-state index in [1.54, 1.807) is 0 Å². The van der Waals surface area contributed by atoms with E-state index in [9.17, 15) is 9.59 Å². The number of likely N-dealkylation sites (N-methyl/N-ethyl adjacent to an activating group) is 1. The first-order valence-electron chi connectivity index (χ1n) is 12.8. The smallest absolute Gasteiger partial charge is 0.308 e. The third kappa shape index (κ3) is 5.88. The minimum Gasteiger partial charge on any atom is -0.481 e. The van der Waals surface area contributed by atoms with Gasteiger partial charge in [-0.05, 0) is 51.1 Å². The second kappa shape index (κ2) is 12.5. The third-order valence-corrected chi connectivity index (χ3v) is 7.36. The van der Waals surface area contributed by atoms with Gasteiger partial charge in [-0.1, -0.05) is 12.1 Å². The molecule has 38 heavy (non-hydrogen) atoms. The standard InChI is InChI=1S/C21H23NO5.C3H8O3.C3H8O2/c1-11(23)25-16-6-4-13-10-15-14-5-7-17(26-12(2)24)20-21(14,8-9-22(15)3)18(13)19(16)27-20;4-1-3(6)2-5;1-3(5)2-4/h4-7,14-15,17,20H,8-10H2,1-3H3;3-6H,1-2H2;3-5H,2H2,1H3/t14-,15+,17-,20-,21-;;/m0../s1. The third-order valence-electron chi connectivity index (χ3n) is 7.36. The van der Waals surface area contributed by atoms with E-state index in [0.29, 0.717) is 17.5 Å². The second-order valence-electron chi connectivity index (χ2n) is 10.1. The zero-order valence-electron chi connectivity index (χ0n) is 22.2. The molecule has 1 aromatic rings. The lowest BCUT2D eigenvalue weighted by Crippen LogP contribution is -2.65. The van der Waals surface area contributed by atoms with Crippen molar-refractivity contribution < 1.29 is 49.3 Å². The van der Waals surface area contributed by atoms with Crippen LogP contribution in [-0.4, -0.2) is 106 Å². The SMILES string of the molecule is CC(=O)Oc1ccc2c3c1O[C@H]1[C@@H](OC(C)=O)C=C[C@H]4[C@@H](C2)N(C)CC[C@@]341.CC(O)CO.OCC(O)CO. The number of hydrogen-bond acceptors (Lipinski definition) is 11. The summed E-state index contributed by atoms with van der Waals surface area (Å²) in [6, 6.07) is 4.28. The Balaban J connectivity index is 0.000000310. The largest absolute Gasteiger partial charge is 0.481 e. The molecule has 0 radical (unpaired) electrons. The monoisotopic (exact) mass is 537 g/mol. The summed E-state index contributed by atoms with van der Waals surface area (Å²) in [7, 11) is 2.17. The molecule has 4 aliphatic rings. The van der Waals surface area contributed by atoms with Crippen LogP contribution in [0.15, 0.2) is 24.3 Å². The molecule has 2 heterocycles. The van der Waals surface area contributed by atoms with Gasteiger partial charge in [-0.25, -0.2) is 0 Å². The van der Waals surface area contributed by atoms with Gasteiger partial charge in [0.25, 0.3) is 0 Å². The van der Waals surface area contributed by atoms with Crippen molar-refractivity contribution in [1.82, 2.24) is 4.90 Å². The van der Waals surface area contributed by atoms with Gasteiger partial charge in [0.15, 0.2) is 17.6 Å². The van der Waals surface area contributed by atoms with Crippen LogP contribution >= 0.6 is 0 Å². The summed E-state index contributed by atoms with van der Waals surface area (Å²) < 4.78 is 17.5. The number of hydrogen-bond donors (Lipinski definition) is 5. The van der Waals surface area contributed by atoms with Crippen LogP contribution < -0.4 is 9.47 Å². The molecule has 0 aromatic heterocycles. The molecule has 1 aromatic carbocycles. The van der Waals surface area contributed by atoms with Gasteiger partial charge < -0.3 is 44.6 Å². The van der Waals surface area contributed by atoms with E-state index in [4.69, 9.17) is 39.7 Å². The van der Waals surface area contributed by atoms with Gasteiger partial charge in [-0.15, -0.1) is 0 Å². The van der Waals surface area contributed by atoms with E-state index < -0.39 is 18.3 Å². The van der Waals surface area contributed by atoms with E-state index in [0.717, 1.165) is 24.9 Å². The number of aliphatic hydroxyl groups is 5. The van der Waals surface area contributed by atoms with Gasteiger partial charge in [0.2, 0.25) is 0 Å². The number of rotatable bonds is 5. The van der Waals surface area contributed by atoms with Crippen LogP contribution in [0.4, 0.5) is 0 Å². The fraction of sp³-hybridized carbons (Fsp3) is 0.630. The predicted molar refractivity (Wildman–Crippen MR) is 136 cm³/mol. The maximum absolute atomic E-state index is 11.7. The minimum absolute atomic E-state index is 0.139. The maximum Gasteiger partial charge on any atom is 0.308 e. The number of piperidine rings is 1. The van der Waals surface area contributed by atoms with E-state index in [1.165, 1.54) is 26.3 Å². The highest BCUT2D eigenvalue weighted by Gasteiger charge is 2.65. The van der Waals surface area contributed by atoms with Crippen LogP contribution in [0, 0.1) is 5.92 Å². The first-order valence-corrected chi connectivity index (χ1v) is 12.8. The molecule has 2 aliphatic carbocycles.